The number of fused-ring (bicyclic) bond motifs is 1. The average Bonchev–Trinajstić information content (AvgIpc) is 3.20. The molecule has 0 aliphatic carbocycles. The monoisotopic (exact) mass is 428 g/mol. The van der Waals surface area contributed by atoms with Crippen molar-refractivity contribution in [1.29, 1.82) is 0 Å². The second kappa shape index (κ2) is 8.34. The van der Waals surface area contributed by atoms with Crippen LogP contribution in [-0.4, -0.2) is 51.0 Å². The molecule has 3 aromatic rings. The molecule has 1 unspecified atom stereocenters. The van der Waals surface area contributed by atoms with E-state index in [1.165, 1.54) is 15.6 Å². The van der Waals surface area contributed by atoms with Crippen molar-refractivity contribution >= 4 is 31.1 Å². The SMILES string of the molecule is [B]c1cccc(CN2C(=O)c3cc(C(=O)O)nn3CC2(C)C(=O)NCc2ccccc2)c1. The van der Waals surface area contributed by atoms with Crippen LogP contribution in [0.15, 0.2) is 60.7 Å². The summed E-state index contributed by atoms with van der Waals surface area (Å²) in [6.45, 7) is 2.10. The molecule has 2 aromatic carbocycles. The highest BCUT2D eigenvalue weighted by molar-refractivity contribution is 6.32. The van der Waals surface area contributed by atoms with Crippen LogP contribution in [0.25, 0.3) is 0 Å². The van der Waals surface area contributed by atoms with Crippen molar-refractivity contribution in [3.63, 3.8) is 0 Å². The molecular weight excluding hydrogens is 407 g/mol. The van der Waals surface area contributed by atoms with E-state index in [1.54, 1.807) is 25.1 Å². The van der Waals surface area contributed by atoms with Gasteiger partial charge in [-0.15, -0.1) is 0 Å². The van der Waals surface area contributed by atoms with E-state index < -0.39 is 17.4 Å². The quantitative estimate of drug-likeness (QED) is 0.573. The maximum atomic E-state index is 13.4. The van der Waals surface area contributed by atoms with Gasteiger partial charge >= 0.3 is 5.97 Å². The number of aromatic carboxylic acids is 1. The first-order valence-electron chi connectivity index (χ1n) is 10.1. The predicted molar refractivity (Wildman–Crippen MR) is 118 cm³/mol. The number of hydrogen-bond acceptors (Lipinski definition) is 4. The van der Waals surface area contributed by atoms with Crippen LogP contribution in [0.3, 0.4) is 0 Å². The lowest BCUT2D eigenvalue weighted by Crippen LogP contribution is -2.63. The summed E-state index contributed by atoms with van der Waals surface area (Å²) in [6.07, 6.45) is 0. The van der Waals surface area contributed by atoms with Crippen molar-refractivity contribution in [3.05, 3.63) is 83.2 Å². The number of nitrogens with one attached hydrogen (secondary N) is 1. The fraction of sp³-hybridized carbons (Fsp3) is 0.217. The molecule has 0 saturated heterocycles. The van der Waals surface area contributed by atoms with E-state index in [1.807, 2.05) is 36.4 Å². The van der Waals surface area contributed by atoms with Gasteiger partial charge in [0.15, 0.2) is 5.69 Å². The second-order valence-corrected chi connectivity index (χ2v) is 7.96. The van der Waals surface area contributed by atoms with Gasteiger partial charge in [-0.05, 0) is 18.1 Å². The lowest BCUT2D eigenvalue weighted by molar-refractivity contribution is -0.133. The van der Waals surface area contributed by atoms with Crippen LogP contribution in [0.1, 0.15) is 39.0 Å². The number of carboxylic acid groups (broad SMARTS) is 1. The van der Waals surface area contributed by atoms with Crippen LogP contribution >= 0.6 is 0 Å². The van der Waals surface area contributed by atoms with E-state index in [0.29, 0.717) is 12.0 Å². The van der Waals surface area contributed by atoms with Crippen molar-refractivity contribution in [2.75, 3.05) is 0 Å². The highest BCUT2D eigenvalue weighted by Gasteiger charge is 2.48. The molecule has 160 valence electrons. The fourth-order valence-electron chi connectivity index (χ4n) is 3.84. The summed E-state index contributed by atoms with van der Waals surface area (Å²) in [7, 11) is 5.89. The number of benzene rings is 2. The van der Waals surface area contributed by atoms with Gasteiger partial charge in [-0.3, -0.25) is 14.3 Å². The Morgan fingerprint density at radius 2 is 1.84 bits per heavy atom. The standard InChI is InChI=1S/C23H21BN4O4/c1-23(22(32)25-12-15-6-3-2-4-7-15)14-28-19(11-18(26-28)21(30)31)20(29)27(23)13-16-8-5-9-17(24)10-16/h2-11H,12-14H2,1H3,(H,25,32)(H,30,31). The molecular formula is C23H21BN4O4. The molecule has 1 aliphatic heterocycles. The molecule has 0 fully saturated rings. The Morgan fingerprint density at radius 1 is 1.12 bits per heavy atom. The van der Waals surface area contributed by atoms with Crippen LogP contribution in [0, 0.1) is 0 Å². The van der Waals surface area contributed by atoms with E-state index in [9.17, 15) is 19.5 Å². The zero-order valence-electron chi connectivity index (χ0n) is 17.5. The minimum Gasteiger partial charge on any atom is -0.476 e. The van der Waals surface area contributed by atoms with Crippen molar-refractivity contribution in [2.24, 2.45) is 0 Å². The van der Waals surface area contributed by atoms with Crippen LogP contribution in [0.2, 0.25) is 0 Å². The summed E-state index contributed by atoms with van der Waals surface area (Å²) in [5.41, 5.74) is 0.797. The highest BCUT2D eigenvalue weighted by Crippen LogP contribution is 2.29. The first kappa shape index (κ1) is 21.4. The number of rotatable bonds is 6. The maximum Gasteiger partial charge on any atom is 0.356 e. The molecule has 2 amide bonds. The smallest absolute Gasteiger partial charge is 0.356 e. The zero-order valence-corrected chi connectivity index (χ0v) is 17.5. The summed E-state index contributed by atoms with van der Waals surface area (Å²) in [4.78, 5) is 39.6. The molecule has 0 saturated carbocycles. The molecule has 2 radical (unpaired) electrons. The number of carboxylic acids is 1. The number of amides is 2. The number of carbonyl (C=O) groups is 3. The van der Waals surface area contributed by atoms with Crippen LogP contribution in [0.4, 0.5) is 0 Å². The van der Waals surface area contributed by atoms with Crippen LogP contribution in [-0.2, 0) is 24.4 Å². The minimum absolute atomic E-state index is 0.0181. The molecule has 2 N–H and O–H groups in total. The lowest BCUT2D eigenvalue weighted by Gasteiger charge is -2.43. The van der Waals surface area contributed by atoms with Gasteiger partial charge in [-0.25, -0.2) is 4.79 Å². The highest BCUT2D eigenvalue weighted by atomic mass is 16.4. The first-order chi connectivity index (χ1) is 15.3. The Balaban J connectivity index is 1.69. The minimum atomic E-state index is -1.30. The van der Waals surface area contributed by atoms with Gasteiger partial charge < -0.3 is 15.3 Å². The number of aromatic nitrogens is 2. The Kier molecular flexibility index (Phi) is 5.56. The third-order valence-corrected chi connectivity index (χ3v) is 5.59. The largest absolute Gasteiger partial charge is 0.476 e. The molecule has 32 heavy (non-hydrogen) atoms. The number of nitrogens with zero attached hydrogens (tertiary/aromatic N) is 3. The number of hydrogen-bond donors (Lipinski definition) is 2. The third-order valence-electron chi connectivity index (χ3n) is 5.59. The fourth-order valence-corrected chi connectivity index (χ4v) is 3.84. The lowest BCUT2D eigenvalue weighted by atomic mass is 9.91. The van der Waals surface area contributed by atoms with E-state index in [-0.39, 0.29) is 30.4 Å². The molecule has 0 spiro atoms. The molecule has 0 bridgehead atoms. The second-order valence-electron chi connectivity index (χ2n) is 7.96. The Bertz CT molecular complexity index is 1190. The third kappa shape index (κ3) is 4.01. The van der Waals surface area contributed by atoms with Crippen molar-refractivity contribution < 1.29 is 19.5 Å². The van der Waals surface area contributed by atoms with Crippen LogP contribution < -0.4 is 10.8 Å². The van der Waals surface area contributed by atoms with E-state index >= 15 is 0 Å². The van der Waals surface area contributed by atoms with Gasteiger partial charge in [-0.2, -0.15) is 5.10 Å². The van der Waals surface area contributed by atoms with Crippen molar-refractivity contribution in [2.45, 2.75) is 32.1 Å². The predicted octanol–water partition coefficient (Wildman–Crippen LogP) is 1.11. The Morgan fingerprint density at radius 3 is 2.53 bits per heavy atom. The Labute approximate surface area is 186 Å². The molecule has 1 aliphatic rings. The van der Waals surface area contributed by atoms with Gasteiger partial charge in [0.05, 0.1) is 6.54 Å². The molecule has 2 heterocycles. The normalized spacial score (nSPS) is 17.7. The summed E-state index contributed by atoms with van der Waals surface area (Å²) < 4.78 is 1.30. The molecule has 9 heteroatoms. The Hall–Kier alpha value is -3.88. The van der Waals surface area contributed by atoms with Gasteiger partial charge in [0, 0.05) is 19.2 Å². The average molecular weight is 428 g/mol. The molecule has 1 aromatic heterocycles. The molecule has 1 atom stereocenters. The summed E-state index contributed by atoms with van der Waals surface area (Å²) in [6, 6.07) is 17.7. The zero-order chi connectivity index (χ0) is 22.9. The van der Waals surface area contributed by atoms with E-state index in [0.717, 1.165) is 11.1 Å². The molecule has 4 rings (SSSR count). The van der Waals surface area contributed by atoms with Gasteiger partial charge in [-0.1, -0.05) is 60.1 Å². The number of carbonyl (C=O) groups excluding carboxylic acids is 2. The van der Waals surface area contributed by atoms with Gasteiger partial charge in [0.2, 0.25) is 5.91 Å². The summed E-state index contributed by atoms with van der Waals surface area (Å²) >= 11 is 0. The van der Waals surface area contributed by atoms with Crippen LogP contribution in [0.5, 0.6) is 0 Å². The topological polar surface area (TPSA) is 105 Å². The van der Waals surface area contributed by atoms with E-state index in [2.05, 4.69) is 10.4 Å². The van der Waals surface area contributed by atoms with Gasteiger partial charge in [0.25, 0.3) is 5.91 Å². The van der Waals surface area contributed by atoms with Crippen molar-refractivity contribution in [1.82, 2.24) is 20.0 Å². The first-order valence-corrected chi connectivity index (χ1v) is 10.1. The summed E-state index contributed by atoms with van der Waals surface area (Å²) in [5, 5.41) is 16.2. The van der Waals surface area contributed by atoms with Crippen molar-refractivity contribution in [3.8, 4) is 0 Å². The van der Waals surface area contributed by atoms with E-state index in [4.69, 9.17) is 7.85 Å². The maximum absolute atomic E-state index is 13.4. The summed E-state index contributed by atoms with van der Waals surface area (Å²) in [5.74, 6) is -2.08. The molecule has 8 nitrogen and oxygen atoms in total. The van der Waals surface area contributed by atoms with Gasteiger partial charge in [0.1, 0.15) is 19.1 Å².